The molecule has 0 saturated carbocycles. The molecule has 0 aromatic carbocycles. The van der Waals surface area contributed by atoms with E-state index in [2.05, 4.69) is 148 Å². The normalized spacial score (nSPS) is 13.0. The van der Waals surface area contributed by atoms with Crippen molar-refractivity contribution >= 4 is 17.9 Å². The van der Waals surface area contributed by atoms with Gasteiger partial charge in [0.25, 0.3) is 0 Å². The van der Waals surface area contributed by atoms with Crippen molar-refractivity contribution in [1.82, 2.24) is 0 Å². The summed E-state index contributed by atoms with van der Waals surface area (Å²) in [6, 6.07) is 0. The van der Waals surface area contributed by atoms with E-state index in [1.165, 1.54) is 154 Å². The van der Waals surface area contributed by atoms with Crippen LogP contribution in [0.5, 0.6) is 0 Å². The molecule has 1 atom stereocenters. The third kappa shape index (κ3) is 68.2. The minimum absolute atomic E-state index is 0.106. The summed E-state index contributed by atoms with van der Waals surface area (Å²) >= 11 is 0. The van der Waals surface area contributed by atoms with Crippen LogP contribution in [-0.4, -0.2) is 37.2 Å². The van der Waals surface area contributed by atoms with Gasteiger partial charge in [0.15, 0.2) is 6.10 Å². The molecule has 0 aliphatic carbocycles. The maximum absolute atomic E-state index is 12.9. The lowest BCUT2D eigenvalue weighted by atomic mass is 10.0. The van der Waals surface area contributed by atoms with Crippen LogP contribution in [0.2, 0.25) is 0 Å². The van der Waals surface area contributed by atoms with Crippen LogP contribution in [0.15, 0.2) is 134 Å². The van der Waals surface area contributed by atoms with Crippen molar-refractivity contribution in [2.45, 2.75) is 322 Å². The first-order chi connectivity index (χ1) is 41.0. The zero-order valence-electron chi connectivity index (χ0n) is 54.2. The van der Waals surface area contributed by atoms with Crippen molar-refractivity contribution in [3.63, 3.8) is 0 Å². The lowest BCUT2D eigenvalue weighted by molar-refractivity contribution is -0.166. The quantitative estimate of drug-likeness (QED) is 0.0261. The molecule has 0 bridgehead atoms. The molecule has 83 heavy (non-hydrogen) atoms. The maximum Gasteiger partial charge on any atom is 0.306 e. The number of ether oxygens (including phenoxy) is 3. The Morgan fingerprint density at radius 2 is 0.494 bits per heavy atom. The molecule has 1 unspecified atom stereocenters. The Hall–Kier alpha value is -4.45. The smallest absolute Gasteiger partial charge is 0.306 e. The molecule has 0 fully saturated rings. The predicted octanol–water partition coefficient (Wildman–Crippen LogP) is 24.1. The molecule has 0 spiro atoms. The standard InChI is InChI=1S/C77H128O6/c1-4-7-10-13-16-19-22-25-27-29-31-33-34-35-36-37-38-39-40-41-42-44-45-47-49-52-55-58-61-64-67-70-76(79)82-73-74(72-81-75(78)69-66-63-60-57-54-51-24-21-18-15-12-9-6-3)83-77(80)71-68-65-62-59-56-53-50-48-46-43-32-30-28-26-23-20-17-14-11-8-5-2/h7,9-10,12,16,18-19,21,23,25-27,30-33,46,48,51,54,60,63,74H,4-6,8,11,13-15,17,20,22,24,28-29,34-45,47,49-50,52-53,55-59,61-62,64-73H2,1-3H3/b10-7-,12-9-,19-16-,21-18-,26-23-,27-25-,32-30-,33-31-,48-46-,54-51-,63-60-. The zero-order chi connectivity index (χ0) is 59.9. The summed E-state index contributed by atoms with van der Waals surface area (Å²) in [4.78, 5) is 38.3. The van der Waals surface area contributed by atoms with Gasteiger partial charge in [0, 0.05) is 19.3 Å². The zero-order valence-corrected chi connectivity index (χ0v) is 54.2. The molecule has 472 valence electrons. The molecule has 0 radical (unpaired) electrons. The van der Waals surface area contributed by atoms with Gasteiger partial charge in [-0.25, -0.2) is 0 Å². The predicted molar refractivity (Wildman–Crippen MR) is 362 cm³/mol. The van der Waals surface area contributed by atoms with E-state index < -0.39 is 6.10 Å². The number of unbranched alkanes of at least 4 members (excludes halogenated alkanes) is 29. The lowest BCUT2D eigenvalue weighted by Gasteiger charge is -2.18. The van der Waals surface area contributed by atoms with Crippen molar-refractivity contribution in [1.29, 1.82) is 0 Å². The Bertz CT molecular complexity index is 1750. The molecular weight excluding hydrogens is 1020 g/mol. The summed E-state index contributed by atoms with van der Waals surface area (Å²) in [5, 5.41) is 0. The van der Waals surface area contributed by atoms with Crippen LogP contribution in [0, 0.1) is 0 Å². The topological polar surface area (TPSA) is 78.9 Å². The Morgan fingerprint density at radius 3 is 0.807 bits per heavy atom. The van der Waals surface area contributed by atoms with E-state index >= 15 is 0 Å². The molecule has 0 heterocycles. The first kappa shape index (κ1) is 78.5. The highest BCUT2D eigenvalue weighted by Gasteiger charge is 2.19. The largest absolute Gasteiger partial charge is 0.462 e. The van der Waals surface area contributed by atoms with E-state index in [0.29, 0.717) is 19.3 Å². The summed E-state index contributed by atoms with van der Waals surface area (Å²) in [5.41, 5.74) is 0. The van der Waals surface area contributed by atoms with Crippen LogP contribution in [0.3, 0.4) is 0 Å². The van der Waals surface area contributed by atoms with Crippen molar-refractivity contribution in [3.8, 4) is 0 Å². The molecule has 0 aliphatic heterocycles. The van der Waals surface area contributed by atoms with Gasteiger partial charge in [-0.1, -0.05) is 309 Å². The number of carbonyl (C=O) groups excluding carboxylic acids is 3. The van der Waals surface area contributed by atoms with E-state index in [1.54, 1.807) is 0 Å². The van der Waals surface area contributed by atoms with Gasteiger partial charge in [-0.05, 0) is 122 Å². The van der Waals surface area contributed by atoms with Gasteiger partial charge in [0.2, 0.25) is 0 Å². The molecule has 0 saturated heterocycles. The molecule has 6 nitrogen and oxygen atoms in total. The van der Waals surface area contributed by atoms with Crippen molar-refractivity contribution in [2.75, 3.05) is 13.2 Å². The number of hydrogen-bond acceptors (Lipinski definition) is 6. The van der Waals surface area contributed by atoms with Gasteiger partial charge in [-0.2, -0.15) is 0 Å². The van der Waals surface area contributed by atoms with Gasteiger partial charge >= 0.3 is 17.9 Å². The van der Waals surface area contributed by atoms with Crippen LogP contribution < -0.4 is 0 Å². The first-order valence-electron chi connectivity index (χ1n) is 34.7. The van der Waals surface area contributed by atoms with Gasteiger partial charge in [-0.3, -0.25) is 14.4 Å². The number of rotatable bonds is 62. The SMILES string of the molecule is CC/C=C\C/C=C\C/C=C\C/C=C\CCCCCCCCCCCCCCCCCCCCC(=O)OCC(COC(=O)CC/C=C\C/C=C\C/C=C\C/C=C\CC)OC(=O)CCCCCCCC/C=C\C/C=C\C/C=C\CCCCCCC. The molecule has 0 aromatic heterocycles. The summed E-state index contributed by atoms with van der Waals surface area (Å²) in [6.45, 7) is 6.35. The van der Waals surface area contributed by atoms with Crippen molar-refractivity contribution in [3.05, 3.63) is 134 Å². The second-order valence-electron chi connectivity index (χ2n) is 22.7. The fourth-order valence-electron chi connectivity index (χ4n) is 9.52. The van der Waals surface area contributed by atoms with Crippen LogP contribution in [0.1, 0.15) is 316 Å². The number of allylic oxidation sites excluding steroid dienone is 22. The fourth-order valence-corrected chi connectivity index (χ4v) is 9.52. The van der Waals surface area contributed by atoms with Crippen molar-refractivity contribution in [2.24, 2.45) is 0 Å². The van der Waals surface area contributed by atoms with E-state index in [-0.39, 0.29) is 37.5 Å². The van der Waals surface area contributed by atoms with Crippen LogP contribution in [-0.2, 0) is 28.6 Å². The molecule has 0 N–H and O–H groups in total. The van der Waals surface area contributed by atoms with E-state index in [1.807, 2.05) is 6.08 Å². The Balaban J connectivity index is 4.28. The summed E-state index contributed by atoms with van der Waals surface area (Å²) in [6.07, 6.45) is 99.3. The highest BCUT2D eigenvalue weighted by atomic mass is 16.6. The Labute approximate surface area is 513 Å². The summed E-state index contributed by atoms with van der Waals surface area (Å²) in [5.74, 6) is -0.997. The second kappa shape index (κ2) is 70.0. The fraction of sp³-hybridized carbons (Fsp3) is 0.675. The first-order valence-corrected chi connectivity index (χ1v) is 34.7. The molecule has 0 rings (SSSR count). The van der Waals surface area contributed by atoms with Crippen LogP contribution in [0.4, 0.5) is 0 Å². The van der Waals surface area contributed by atoms with Gasteiger partial charge in [0.05, 0.1) is 0 Å². The summed E-state index contributed by atoms with van der Waals surface area (Å²) in [7, 11) is 0. The third-order valence-electron chi connectivity index (χ3n) is 14.6. The summed E-state index contributed by atoms with van der Waals surface area (Å²) < 4.78 is 16.9. The third-order valence-corrected chi connectivity index (χ3v) is 14.6. The highest BCUT2D eigenvalue weighted by Crippen LogP contribution is 2.17. The Kier molecular flexibility index (Phi) is 66.3. The molecular formula is C77H128O6. The maximum atomic E-state index is 12.9. The molecule has 0 aliphatic rings. The minimum atomic E-state index is -0.818. The van der Waals surface area contributed by atoms with E-state index in [0.717, 1.165) is 116 Å². The molecule has 0 amide bonds. The highest BCUT2D eigenvalue weighted by molar-refractivity contribution is 5.71. The van der Waals surface area contributed by atoms with Gasteiger partial charge in [0.1, 0.15) is 13.2 Å². The van der Waals surface area contributed by atoms with Gasteiger partial charge in [-0.15, -0.1) is 0 Å². The molecule has 0 aromatic rings. The van der Waals surface area contributed by atoms with E-state index in [9.17, 15) is 14.4 Å². The lowest BCUT2D eigenvalue weighted by Crippen LogP contribution is -2.30. The number of hydrogen-bond donors (Lipinski definition) is 0. The van der Waals surface area contributed by atoms with Crippen molar-refractivity contribution < 1.29 is 28.6 Å². The van der Waals surface area contributed by atoms with Gasteiger partial charge < -0.3 is 14.2 Å². The minimum Gasteiger partial charge on any atom is -0.462 e. The average Bonchev–Trinajstić information content (AvgIpc) is 3.49. The van der Waals surface area contributed by atoms with E-state index in [4.69, 9.17) is 14.2 Å². The number of esters is 3. The monoisotopic (exact) mass is 1150 g/mol. The number of carbonyl (C=O) groups is 3. The van der Waals surface area contributed by atoms with Crippen LogP contribution >= 0.6 is 0 Å². The molecule has 6 heteroatoms. The van der Waals surface area contributed by atoms with Crippen LogP contribution in [0.25, 0.3) is 0 Å². The second-order valence-corrected chi connectivity index (χ2v) is 22.7. The average molecular weight is 1150 g/mol. The Morgan fingerprint density at radius 1 is 0.253 bits per heavy atom.